The molecule has 0 aliphatic rings. The van der Waals surface area contributed by atoms with E-state index in [0.29, 0.717) is 5.02 Å². The van der Waals surface area contributed by atoms with Crippen LogP contribution in [0.4, 0.5) is 11.5 Å². The molecule has 2 rings (SSSR count). The Bertz CT molecular complexity index is 526. The van der Waals surface area contributed by atoms with Crippen LogP contribution in [0.1, 0.15) is 5.56 Å². The van der Waals surface area contributed by atoms with Gasteiger partial charge in [-0.15, -0.1) is 6.42 Å². The number of anilines is 2. The summed E-state index contributed by atoms with van der Waals surface area (Å²) in [7, 11) is 0. The maximum atomic E-state index is 5.75. The molecule has 1 aromatic heterocycles. The number of halogens is 1. The molecule has 0 saturated carbocycles. The monoisotopic (exact) mass is 228 g/mol. The predicted molar refractivity (Wildman–Crippen MR) is 66.9 cm³/mol. The van der Waals surface area contributed by atoms with E-state index in [1.807, 2.05) is 30.3 Å². The molecule has 0 aliphatic heterocycles. The molecule has 0 unspecified atom stereocenters. The lowest BCUT2D eigenvalue weighted by atomic mass is 10.2. The Morgan fingerprint density at radius 1 is 1.25 bits per heavy atom. The van der Waals surface area contributed by atoms with Crippen LogP contribution < -0.4 is 5.32 Å². The van der Waals surface area contributed by atoms with Crippen LogP contribution in [0.15, 0.2) is 42.6 Å². The van der Waals surface area contributed by atoms with E-state index in [-0.39, 0.29) is 0 Å². The third-order valence-electron chi connectivity index (χ3n) is 2.03. The average Bonchev–Trinajstić information content (AvgIpc) is 2.32. The molecule has 0 aliphatic carbocycles. The zero-order valence-corrected chi connectivity index (χ0v) is 9.20. The minimum absolute atomic E-state index is 0.614. The van der Waals surface area contributed by atoms with Crippen molar-refractivity contribution in [1.29, 1.82) is 0 Å². The van der Waals surface area contributed by atoms with E-state index >= 15 is 0 Å². The van der Waals surface area contributed by atoms with Crippen LogP contribution in [-0.4, -0.2) is 4.98 Å². The van der Waals surface area contributed by atoms with Gasteiger partial charge in [0, 0.05) is 17.4 Å². The minimum Gasteiger partial charge on any atom is -0.340 e. The summed E-state index contributed by atoms with van der Waals surface area (Å²) < 4.78 is 0. The topological polar surface area (TPSA) is 24.9 Å². The second kappa shape index (κ2) is 4.69. The summed E-state index contributed by atoms with van der Waals surface area (Å²) in [6.07, 6.45) is 6.91. The molecule has 78 valence electrons. The molecular formula is C13H9ClN2. The van der Waals surface area contributed by atoms with Gasteiger partial charge in [-0.25, -0.2) is 4.98 Å². The summed E-state index contributed by atoms with van der Waals surface area (Å²) in [6, 6.07) is 11.2. The molecule has 2 nitrogen and oxygen atoms in total. The van der Waals surface area contributed by atoms with Gasteiger partial charge in [-0.1, -0.05) is 23.6 Å². The first kappa shape index (κ1) is 10.5. The van der Waals surface area contributed by atoms with E-state index in [9.17, 15) is 0 Å². The Labute approximate surface area is 99.3 Å². The van der Waals surface area contributed by atoms with Gasteiger partial charge in [0.15, 0.2) is 0 Å². The van der Waals surface area contributed by atoms with Crippen molar-refractivity contribution in [2.45, 2.75) is 0 Å². The first-order valence-corrected chi connectivity index (χ1v) is 5.11. The molecule has 3 heteroatoms. The summed E-state index contributed by atoms with van der Waals surface area (Å²) in [6.45, 7) is 0. The van der Waals surface area contributed by atoms with Crippen molar-refractivity contribution >= 4 is 23.1 Å². The third-order valence-corrected chi connectivity index (χ3v) is 2.25. The Balaban J connectivity index is 2.21. The van der Waals surface area contributed by atoms with Crippen molar-refractivity contribution in [2.24, 2.45) is 0 Å². The highest BCUT2D eigenvalue weighted by molar-refractivity contribution is 6.30. The summed E-state index contributed by atoms with van der Waals surface area (Å²) in [4.78, 5) is 4.13. The molecule has 0 amide bonds. The van der Waals surface area contributed by atoms with Crippen molar-refractivity contribution in [1.82, 2.24) is 4.98 Å². The third kappa shape index (κ3) is 2.53. The van der Waals surface area contributed by atoms with E-state index in [2.05, 4.69) is 16.2 Å². The second-order valence-electron chi connectivity index (χ2n) is 3.21. The summed E-state index contributed by atoms with van der Waals surface area (Å²) >= 11 is 5.75. The minimum atomic E-state index is 0.614. The van der Waals surface area contributed by atoms with E-state index in [4.69, 9.17) is 18.0 Å². The maximum absolute atomic E-state index is 5.75. The second-order valence-corrected chi connectivity index (χ2v) is 3.65. The highest BCUT2D eigenvalue weighted by Crippen LogP contribution is 2.16. The van der Waals surface area contributed by atoms with Crippen LogP contribution in [0.2, 0.25) is 5.02 Å². The molecule has 1 aromatic carbocycles. The van der Waals surface area contributed by atoms with Crippen LogP contribution in [0.5, 0.6) is 0 Å². The SMILES string of the molecule is C#Cc1cccc(Nc2ccc(Cl)cn2)c1. The van der Waals surface area contributed by atoms with Gasteiger partial charge < -0.3 is 5.32 Å². The van der Waals surface area contributed by atoms with Crippen molar-refractivity contribution < 1.29 is 0 Å². The molecule has 0 saturated heterocycles. The molecule has 2 aromatic rings. The van der Waals surface area contributed by atoms with Crippen molar-refractivity contribution in [3.05, 3.63) is 53.2 Å². The molecule has 1 N–H and O–H groups in total. The van der Waals surface area contributed by atoms with Crippen LogP contribution >= 0.6 is 11.6 Å². The largest absolute Gasteiger partial charge is 0.340 e. The fourth-order valence-electron chi connectivity index (χ4n) is 1.28. The number of aromatic nitrogens is 1. The van der Waals surface area contributed by atoms with Gasteiger partial charge in [-0.05, 0) is 30.3 Å². The van der Waals surface area contributed by atoms with Crippen LogP contribution in [0, 0.1) is 12.3 Å². The summed E-state index contributed by atoms with van der Waals surface area (Å²) in [5.41, 5.74) is 1.74. The van der Waals surface area contributed by atoms with Crippen molar-refractivity contribution in [3.63, 3.8) is 0 Å². The lowest BCUT2D eigenvalue weighted by Gasteiger charge is -2.05. The molecule has 16 heavy (non-hydrogen) atoms. The van der Waals surface area contributed by atoms with Gasteiger partial charge in [0.25, 0.3) is 0 Å². The number of benzene rings is 1. The molecule has 0 spiro atoms. The van der Waals surface area contributed by atoms with Crippen LogP contribution in [0.3, 0.4) is 0 Å². The number of pyridine rings is 1. The average molecular weight is 229 g/mol. The highest BCUT2D eigenvalue weighted by atomic mass is 35.5. The lowest BCUT2D eigenvalue weighted by molar-refractivity contribution is 1.31. The predicted octanol–water partition coefficient (Wildman–Crippen LogP) is 3.46. The van der Waals surface area contributed by atoms with E-state index in [1.165, 1.54) is 0 Å². The van der Waals surface area contributed by atoms with Gasteiger partial charge in [-0.2, -0.15) is 0 Å². The van der Waals surface area contributed by atoms with E-state index in [1.54, 1.807) is 12.3 Å². The molecule has 0 atom stereocenters. The fourth-order valence-corrected chi connectivity index (χ4v) is 1.40. The van der Waals surface area contributed by atoms with Crippen molar-refractivity contribution in [3.8, 4) is 12.3 Å². The van der Waals surface area contributed by atoms with Gasteiger partial charge in [0.05, 0.1) is 5.02 Å². The lowest BCUT2D eigenvalue weighted by Crippen LogP contribution is -1.92. The van der Waals surface area contributed by atoms with Gasteiger partial charge in [0.2, 0.25) is 0 Å². The Morgan fingerprint density at radius 2 is 2.12 bits per heavy atom. The van der Waals surface area contributed by atoms with Crippen molar-refractivity contribution in [2.75, 3.05) is 5.32 Å². The summed E-state index contributed by atoms with van der Waals surface area (Å²) in [5, 5.41) is 3.75. The molecule has 0 fully saturated rings. The Kier molecular flexibility index (Phi) is 3.09. The van der Waals surface area contributed by atoms with Gasteiger partial charge in [0.1, 0.15) is 5.82 Å². The quantitative estimate of drug-likeness (QED) is 0.797. The van der Waals surface area contributed by atoms with Crippen LogP contribution in [-0.2, 0) is 0 Å². The Hall–Kier alpha value is -1.98. The zero-order valence-electron chi connectivity index (χ0n) is 8.44. The number of rotatable bonds is 2. The molecule has 0 radical (unpaired) electrons. The molecule has 1 heterocycles. The first-order valence-electron chi connectivity index (χ1n) is 4.73. The number of terminal acetylenes is 1. The number of hydrogen-bond donors (Lipinski definition) is 1. The number of hydrogen-bond acceptors (Lipinski definition) is 2. The standard InChI is InChI=1S/C13H9ClN2/c1-2-10-4-3-5-12(8-10)16-13-7-6-11(14)9-15-13/h1,3-9H,(H,15,16). The van der Waals surface area contributed by atoms with Crippen LogP contribution in [0.25, 0.3) is 0 Å². The van der Waals surface area contributed by atoms with Gasteiger partial charge >= 0.3 is 0 Å². The molecule has 0 bridgehead atoms. The van der Waals surface area contributed by atoms with E-state index < -0.39 is 0 Å². The summed E-state index contributed by atoms with van der Waals surface area (Å²) in [5.74, 6) is 3.32. The van der Waals surface area contributed by atoms with Gasteiger partial charge in [-0.3, -0.25) is 0 Å². The zero-order chi connectivity index (χ0) is 11.4. The number of nitrogens with one attached hydrogen (secondary N) is 1. The molecular weight excluding hydrogens is 220 g/mol. The number of nitrogens with zero attached hydrogens (tertiary/aromatic N) is 1. The highest BCUT2D eigenvalue weighted by Gasteiger charge is 1.96. The smallest absolute Gasteiger partial charge is 0.130 e. The normalized spacial score (nSPS) is 9.50. The first-order chi connectivity index (χ1) is 7.78. The maximum Gasteiger partial charge on any atom is 0.130 e. The fraction of sp³-hybridized carbons (Fsp3) is 0. The Morgan fingerprint density at radius 3 is 2.81 bits per heavy atom. The van der Waals surface area contributed by atoms with E-state index in [0.717, 1.165) is 17.1 Å².